The number of hydrogen-bond donors (Lipinski definition) is 3. The maximum atomic E-state index is 11.3. The van der Waals surface area contributed by atoms with Gasteiger partial charge in [0.05, 0.1) is 16.8 Å². The number of para-hydroxylation sites is 3. The van der Waals surface area contributed by atoms with E-state index >= 15 is 0 Å². The molecule has 1 aromatic heterocycles. The molecule has 0 radical (unpaired) electrons. The lowest BCUT2D eigenvalue weighted by Crippen LogP contribution is -2.01. The molecule has 0 amide bonds. The fourth-order valence-corrected chi connectivity index (χ4v) is 2.38. The van der Waals surface area contributed by atoms with Gasteiger partial charge in [0.25, 0.3) is 0 Å². The summed E-state index contributed by atoms with van der Waals surface area (Å²) in [6.45, 7) is 1.80. The van der Waals surface area contributed by atoms with Crippen molar-refractivity contribution in [2.75, 3.05) is 5.32 Å². The van der Waals surface area contributed by atoms with Crippen LogP contribution in [0.3, 0.4) is 0 Å². The third-order valence-electron chi connectivity index (χ3n) is 3.37. The summed E-state index contributed by atoms with van der Waals surface area (Å²) < 4.78 is 0. The number of anilines is 2. The van der Waals surface area contributed by atoms with Gasteiger partial charge in [-0.25, -0.2) is 4.79 Å². The van der Waals surface area contributed by atoms with Crippen LogP contribution < -0.4 is 5.32 Å². The topological polar surface area (TPSA) is 82.5 Å². The number of aryl methyl sites for hydroxylation is 1. The zero-order valence-electron chi connectivity index (χ0n) is 11.9. The minimum Gasteiger partial charge on any atom is -0.506 e. The molecule has 3 N–H and O–H groups in total. The Labute approximate surface area is 126 Å². The van der Waals surface area contributed by atoms with Gasteiger partial charge in [0, 0.05) is 16.8 Å². The van der Waals surface area contributed by atoms with Crippen molar-refractivity contribution in [3.63, 3.8) is 0 Å². The van der Waals surface area contributed by atoms with Crippen molar-refractivity contribution in [3.8, 4) is 5.75 Å². The second-order valence-corrected chi connectivity index (χ2v) is 4.96. The molecule has 22 heavy (non-hydrogen) atoms. The standard InChI is InChI=1S/C17H14N2O3/c1-10-9-14(19-13-7-2-3-8-15(13)20)11-5-4-6-12(17(21)22)16(11)18-10/h2-9,20H,1H3,(H,18,19)(H,21,22). The first-order valence-corrected chi connectivity index (χ1v) is 6.75. The van der Waals surface area contributed by atoms with E-state index in [-0.39, 0.29) is 11.3 Å². The summed E-state index contributed by atoms with van der Waals surface area (Å²) in [7, 11) is 0. The van der Waals surface area contributed by atoms with Gasteiger partial charge in [-0.3, -0.25) is 4.98 Å². The Hall–Kier alpha value is -3.08. The lowest BCUT2D eigenvalue weighted by molar-refractivity contribution is 0.0699. The summed E-state index contributed by atoms with van der Waals surface area (Å²) in [6, 6.07) is 13.7. The van der Waals surface area contributed by atoms with Gasteiger partial charge in [0.15, 0.2) is 0 Å². The molecule has 0 bridgehead atoms. The van der Waals surface area contributed by atoms with Gasteiger partial charge in [-0.15, -0.1) is 0 Å². The van der Waals surface area contributed by atoms with E-state index in [2.05, 4.69) is 10.3 Å². The van der Waals surface area contributed by atoms with Gasteiger partial charge in [0.1, 0.15) is 5.75 Å². The molecule has 5 nitrogen and oxygen atoms in total. The zero-order valence-corrected chi connectivity index (χ0v) is 11.9. The van der Waals surface area contributed by atoms with E-state index in [0.29, 0.717) is 28.0 Å². The molecule has 0 aliphatic heterocycles. The van der Waals surface area contributed by atoms with Gasteiger partial charge in [-0.2, -0.15) is 0 Å². The van der Waals surface area contributed by atoms with Crippen LogP contribution in [-0.4, -0.2) is 21.2 Å². The second-order valence-electron chi connectivity index (χ2n) is 4.96. The monoisotopic (exact) mass is 294 g/mol. The average molecular weight is 294 g/mol. The molecule has 0 saturated heterocycles. The SMILES string of the molecule is Cc1cc(Nc2ccccc2O)c2cccc(C(=O)O)c2n1. The van der Waals surface area contributed by atoms with Gasteiger partial charge < -0.3 is 15.5 Å². The maximum Gasteiger partial charge on any atom is 0.337 e. The number of carbonyl (C=O) groups is 1. The van der Waals surface area contributed by atoms with Crippen LogP contribution in [0.4, 0.5) is 11.4 Å². The number of carboxylic acid groups (broad SMARTS) is 1. The molecule has 0 atom stereocenters. The van der Waals surface area contributed by atoms with Crippen LogP contribution in [0.25, 0.3) is 10.9 Å². The molecule has 2 aromatic carbocycles. The molecule has 5 heteroatoms. The highest BCUT2D eigenvalue weighted by Gasteiger charge is 2.13. The number of aromatic hydroxyl groups is 1. The molecule has 0 aliphatic rings. The molecule has 0 saturated carbocycles. The van der Waals surface area contributed by atoms with Crippen molar-refractivity contribution in [2.45, 2.75) is 6.92 Å². The Morgan fingerprint density at radius 1 is 1.09 bits per heavy atom. The van der Waals surface area contributed by atoms with Gasteiger partial charge >= 0.3 is 5.97 Å². The van der Waals surface area contributed by atoms with Crippen LogP contribution in [-0.2, 0) is 0 Å². The maximum absolute atomic E-state index is 11.3. The third-order valence-corrected chi connectivity index (χ3v) is 3.37. The van der Waals surface area contributed by atoms with Crippen LogP contribution in [0, 0.1) is 6.92 Å². The number of phenolic OH excluding ortho intramolecular Hbond substituents is 1. The van der Waals surface area contributed by atoms with E-state index < -0.39 is 5.97 Å². The van der Waals surface area contributed by atoms with Crippen molar-refractivity contribution in [2.24, 2.45) is 0 Å². The smallest absolute Gasteiger partial charge is 0.337 e. The Kier molecular flexibility index (Phi) is 3.39. The van der Waals surface area contributed by atoms with Crippen molar-refractivity contribution in [1.82, 2.24) is 4.98 Å². The number of nitrogens with zero attached hydrogens (tertiary/aromatic N) is 1. The molecular weight excluding hydrogens is 280 g/mol. The summed E-state index contributed by atoms with van der Waals surface area (Å²) in [5.74, 6) is -0.892. The molecule has 0 spiro atoms. The fraction of sp³-hybridized carbons (Fsp3) is 0.0588. The minimum atomic E-state index is -1.02. The first-order valence-electron chi connectivity index (χ1n) is 6.75. The van der Waals surface area contributed by atoms with E-state index in [1.165, 1.54) is 6.07 Å². The summed E-state index contributed by atoms with van der Waals surface area (Å²) in [4.78, 5) is 15.7. The first-order chi connectivity index (χ1) is 10.6. The largest absolute Gasteiger partial charge is 0.506 e. The number of aromatic carboxylic acids is 1. The molecule has 1 heterocycles. The first kappa shape index (κ1) is 13.9. The number of hydrogen-bond acceptors (Lipinski definition) is 4. The number of aromatic nitrogens is 1. The van der Waals surface area contributed by atoms with E-state index in [1.54, 1.807) is 43.3 Å². The summed E-state index contributed by atoms with van der Waals surface area (Å²) in [6.07, 6.45) is 0. The Morgan fingerprint density at radius 2 is 1.86 bits per heavy atom. The number of pyridine rings is 1. The highest BCUT2D eigenvalue weighted by Crippen LogP contribution is 2.31. The molecule has 0 aliphatic carbocycles. The minimum absolute atomic E-state index is 0.125. The third kappa shape index (κ3) is 2.44. The average Bonchev–Trinajstić information content (AvgIpc) is 2.48. The summed E-state index contributed by atoms with van der Waals surface area (Å²) >= 11 is 0. The number of benzene rings is 2. The quantitative estimate of drug-likeness (QED) is 0.642. The number of phenols is 1. The van der Waals surface area contributed by atoms with Crippen molar-refractivity contribution < 1.29 is 15.0 Å². The van der Waals surface area contributed by atoms with Crippen molar-refractivity contribution in [1.29, 1.82) is 0 Å². The van der Waals surface area contributed by atoms with E-state index in [1.807, 2.05) is 6.07 Å². The predicted octanol–water partition coefficient (Wildman–Crippen LogP) is 3.69. The summed E-state index contributed by atoms with van der Waals surface area (Å²) in [5, 5.41) is 23.0. The fourth-order valence-electron chi connectivity index (χ4n) is 2.38. The second kappa shape index (κ2) is 5.37. The Balaban J connectivity index is 2.20. The van der Waals surface area contributed by atoms with Crippen LogP contribution in [0.1, 0.15) is 16.1 Å². The number of nitrogens with one attached hydrogen (secondary N) is 1. The van der Waals surface area contributed by atoms with E-state index in [9.17, 15) is 15.0 Å². The normalized spacial score (nSPS) is 10.6. The molecule has 0 fully saturated rings. The number of carboxylic acids is 1. The Morgan fingerprint density at radius 3 is 2.59 bits per heavy atom. The van der Waals surface area contributed by atoms with Crippen molar-refractivity contribution >= 4 is 28.2 Å². The highest BCUT2D eigenvalue weighted by molar-refractivity contribution is 6.06. The van der Waals surface area contributed by atoms with Crippen LogP contribution in [0.15, 0.2) is 48.5 Å². The van der Waals surface area contributed by atoms with Gasteiger partial charge in [-0.1, -0.05) is 24.3 Å². The highest BCUT2D eigenvalue weighted by atomic mass is 16.4. The van der Waals surface area contributed by atoms with Crippen molar-refractivity contribution in [3.05, 3.63) is 59.8 Å². The lowest BCUT2D eigenvalue weighted by Gasteiger charge is -2.13. The van der Waals surface area contributed by atoms with E-state index in [0.717, 1.165) is 0 Å². The molecule has 3 aromatic rings. The molecule has 110 valence electrons. The van der Waals surface area contributed by atoms with Crippen LogP contribution >= 0.6 is 0 Å². The molecular formula is C17H14N2O3. The number of fused-ring (bicyclic) bond motifs is 1. The molecule has 0 unspecified atom stereocenters. The lowest BCUT2D eigenvalue weighted by atomic mass is 10.1. The Bertz CT molecular complexity index is 875. The van der Waals surface area contributed by atoms with E-state index in [4.69, 9.17) is 0 Å². The van der Waals surface area contributed by atoms with Crippen LogP contribution in [0.2, 0.25) is 0 Å². The number of rotatable bonds is 3. The molecule has 3 rings (SSSR count). The van der Waals surface area contributed by atoms with Crippen LogP contribution in [0.5, 0.6) is 5.75 Å². The van der Waals surface area contributed by atoms with Gasteiger partial charge in [0.2, 0.25) is 0 Å². The predicted molar refractivity (Wildman–Crippen MR) is 84.8 cm³/mol. The zero-order chi connectivity index (χ0) is 15.7. The van der Waals surface area contributed by atoms with Gasteiger partial charge in [-0.05, 0) is 31.2 Å². The summed E-state index contributed by atoms with van der Waals surface area (Å²) in [5.41, 5.74) is 2.52.